The van der Waals surface area contributed by atoms with Gasteiger partial charge in [-0.1, -0.05) is 11.6 Å². The van der Waals surface area contributed by atoms with Crippen LogP contribution in [0.25, 0.3) is 0 Å². The number of halogens is 1. The van der Waals surface area contributed by atoms with Crippen molar-refractivity contribution in [1.29, 1.82) is 0 Å². The van der Waals surface area contributed by atoms with Gasteiger partial charge in [-0.3, -0.25) is 4.79 Å². The van der Waals surface area contributed by atoms with Gasteiger partial charge < -0.3 is 15.2 Å². The molecule has 0 atom stereocenters. The Morgan fingerprint density at radius 1 is 1.47 bits per heavy atom. The number of hydrogen-bond donors (Lipinski definition) is 2. The predicted octanol–water partition coefficient (Wildman–Crippen LogP) is 1.21. The third kappa shape index (κ3) is 3.96. The number of carbonyl (C=O) groups is 1. The molecule has 0 aliphatic carbocycles. The molecule has 0 radical (unpaired) electrons. The first-order valence-electron chi connectivity index (χ1n) is 5.72. The molecule has 2 heterocycles. The molecule has 0 aromatic carbocycles. The zero-order valence-corrected chi connectivity index (χ0v) is 11.2. The number of rotatable bonds is 5. The minimum absolute atomic E-state index is 0.0890. The summed E-state index contributed by atoms with van der Waals surface area (Å²) in [5, 5.41) is 3.36. The SMILES string of the molecule is CN(CC(=O)NCc1cnc[nH]1)c1ccc(Cl)cn1. The number of aromatic nitrogens is 3. The number of carbonyl (C=O) groups excluding carboxylic acids is 1. The predicted molar refractivity (Wildman–Crippen MR) is 73.0 cm³/mol. The quantitative estimate of drug-likeness (QED) is 0.863. The van der Waals surface area contributed by atoms with Gasteiger partial charge in [-0.2, -0.15) is 0 Å². The number of anilines is 1. The van der Waals surface area contributed by atoms with Crippen molar-refractivity contribution in [1.82, 2.24) is 20.3 Å². The Kier molecular flexibility index (Phi) is 4.35. The lowest BCUT2D eigenvalue weighted by molar-refractivity contribution is -0.119. The van der Waals surface area contributed by atoms with Crippen LogP contribution in [0, 0.1) is 0 Å². The Labute approximate surface area is 115 Å². The van der Waals surface area contributed by atoms with Gasteiger partial charge in [0.05, 0.1) is 30.1 Å². The van der Waals surface area contributed by atoms with Gasteiger partial charge in [-0.25, -0.2) is 9.97 Å². The number of nitrogens with zero attached hydrogens (tertiary/aromatic N) is 3. The molecule has 0 aliphatic rings. The molecule has 0 bridgehead atoms. The lowest BCUT2D eigenvalue weighted by atomic mass is 10.4. The summed E-state index contributed by atoms with van der Waals surface area (Å²) in [5.41, 5.74) is 0.862. The van der Waals surface area contributed by atoms with Gasteiger partial charge >= 0.3 is 0 Å². The minimum atomic E-state index is -0.0890. The Balaban J connectivity index is 1.83. The second kappa shape index (κ2) is 6.19. The lowest BCUT2D eigenvalue weighted by Crippen LogP contribution is -2.35. The van der Waals surface area contributed by atoms with E-state index in [1.807, 2.05) is 0 Å². The number of amides is 1. The molecule has 0 saturated heterocycles. The van der Waals surface area contributed by atoms with Crippen LogP contribution in [0.15, 0.2) is 30.9 Å². The first kappa shape index (κ1) is 13.4. The molecule has 0 fully saturated rings. The van der Waals surface area contributed by atoms with E-state index in [0.29, 0.717) is 17.4 Å². The normalized spacial score (nSPS) is 10.2. The fourth-order valence-corrected chi connectivity index (χ4v) is 1.63. The van der Waals surface area contributed by atoms with Crippen molar-refractivity contribution in [2.24, 2.45) is 0 Å². The van der Waals surface area contributed by atoms with E-state index in [-0.39, 0.29) is 12.5 Å². The highest BCUT2D eigenvalue weighted by Gasteiger charge is 2.08. The molecule has 1 amide bonds. The maximum atomic E-state index is 11.7. The standard InChI is InChI=1S/C12H14ClN5O/c1-18(11-3-2-9(13)4-15-11)7-12(19)16-6-10-5-14-8-17-10/h2-5,8H,6-7H2,1H3,(H,14,17)(H,16,19). The maximum Gasteiger partial charge on any atom is 0.239 e. The van der Waals surface area contributed by atoms with E-state index in [1.54, 1.807) is 42.8 Å². The molecule has 100 valence electrons. The molecule has 2 rings (SSSR count). The van der Waals surface area contributed by atoms with Gasteiger partial charge in [-0.15, -0.1) is 0 Å². The van der Waals surface area contributed by atoms with E-state index >= 15 is 0 Å². The molecule has 2 N–H and O–H groups in total. The summed E-state index contributed by atoms with van der Waals surface area (Å²) in [7, 11) is 1.80. The van der Waals surface area contributed by atoms with E-state index in [4.69, 9.17) is 11.6 Å². The number of nitrogens with one attached hydrogen (secondary N) is 2. The summed E-state index contributed by atoms with van der Waals surface area (Å²) in [6.45, 7) is 0.656. The van der Waals surface area contributed by atoms with Crippen LogP contribution in [0.3, 0.4) is 0 Å². The number of likely N-dealkylation sites (N-methyl/N-ethyl adjacent to an activating group) is 1. The van der Waals surface area contributed by atoms with Crippen molar-refractivity contribution < 1.29 is 4.79 Å². The minimum Gasteiger partial charge on any atom is -0.350 e. The summed E-state index contributed by atoms with van der Waals surface area (Å²) in [6.07, 6.45) is 4.80. The summed E-state index contributed by atoms with van der Waals surface area (Å²) < 4.78 is 0. The van der Waals surface area contributed by atoms with E-state index < -0.39 is 0 Å². The first-order chi connectivity index (χ1) is 9.15. The topological polar surface area (TPSA) is 73.9 Å². The highest BCUT2D eigenvalue weighted by molar-refractivity contribution is 6.30. The van der Waals surface area contributed by atoms with Gasteiger partial charge in [0, 0.05) is 19.4 Å². The van der Waals surface area contributed by atoms with Crippen LogP contribution in [-0.2, 0) is 11.3 Å². The van der Waals surface area contributed by atoms with Crippen LogP contribution in [0.4, 0.5) is 5.82 Å². The monoisotopic (exact) mass is 279 g/mol. The van der Waals surface area contributed by atoms with Gasteiger partial charge in [0.2, 0.25) is 5.91 Å². The van der Waals surface area contributed by atoms with E-state index in [9.17, 15) is 4.79 Å². The van der Waals surface area contributed by atoms with Crippen LogP contribution in [0.2, 0.25) is 5.02 Å². The second-order valence-corrected chi connectivity index (χ2v) is 4.48. The zero-order chi connectivity index (χ0) is 13.7. The molecule has 7 heteroatoms. The number of H-pyrrole nitrogens is 1. The molecule has 0 saturated carbocycles. The van der Waals surface area contributed by atoms with Gasteiger partial charge in [0.15, 0.2) is 0 Å². The number of aromatic amines is 1. The smallest absolute Gasteiger partial charge is 0.239 e. The van der Waals surface area contributed by atoms with Crippen molar-refractivity contribution in [2.45, 2.75) is 6.54 Å². The molecular formula is C12H14ClN5O. The van der Waals surface area contributed by atoms with Gasteiger partial charge in [0.1, 0.15) is 5.82 Å². The molecule has 19 heavy (non-hydrogen) atoms. The van der Waals surface area contributed by atoms with Crippen LogP contribution >= 0.6 is 11.6 Å². The van der Waals surface area contributed by atoms with E-state index in [1.165, 1.54) is 0 Å². The number of hydrogen-bond acceptors (Lipinski definition) is 4. The Morgan fingerprint density at radius 2 is 2.32 bits per heavy atom. The highest BCUT2D eigenvalue weighted by Crippen LogP contribution is 2.12. The van der Waals surface area contributed by atoms with E-state index in [0.717, 1.165) is 5.69 Å². The van der Waals surface area contributed by atoms with Gasteiger partial charge in [-0.05, 0) is 12.1 Å². The van der Waals surface area contributed by atoms with Crippen LogP contribution in [-0.4, -0.2) is 34.5 Å². The molecule has 2 aromatic heterocycles. The third-order valence-electron chi connectivity index (χ3n) is 2.51. The van der Waals surface area contributed by atoms with Crippen molar-refractivity contribution in [3.05, 3.63) is 41.6 Å². The van der Waals surface area contributed by atoms with Crippen molar-refractivity contribution >= 4 is 23.3 Å². The molecule has 0 aliphatic heterocycles. The summed E-state index contributed by atoms with van der Waals surface area (Å²) in [4.78, 5) is 24.4. The Hall–Kier alpha value is -2.08. The molecule has 0 unspecified atom stereocenters. The summed E-state index contributed by atoms with van der Waals surface area (Å²) in [6, 6.07) is 3.51. The average molecular weight is 280 g/mol. The highest BCUT2D eigenvalue weighted by atomic mass is 35.5. The van der Waals surface area contributed by atoms with Crippen LogP contribution in [0.1, 0.15) is 5.69 Å². The number of pyridine rings is 1. The Morgan fingerprint density at radius 3 is 2.95 bits per heavy atom. The lowest BCUT2D eigenvalue weighted by Gasteiger charge is -2.17. The summed E-state index contributed by atoms with van der Waals surface area (Å²) in [5.74, 6) is 0.606. The molecular weight excluding hydrogens is 266 g/mol. The van der Waals surface area contributed by atoms with Crippen LogP contribution < -0.4 is 10.2 Å². The first-order valence-corrected chi connectivity index (χ1v) is 6.09. The van der Waals surface area contributed by atoms with Crippen molar-refractivity contribution in [2.75, 3.05) is 18.5 Å². The van der Waals surface area contributed by atoms with Gasteiger partial charge in [0.25, 0.3) is 0 Å². The summed E-state index contributed by atoms with van der Waals surface area (Å²) >= 11 is 5.76. The zero-order valence-electron chi connectivity index (χ0n) is 10.4. The van der Waals surface area contributed by atoms with Crippen molar-refractivity contribution in [3.63, 3.8) is 0 Å². The number of imidazole rings is 1. The third-order valence-corrected chi connectivity index (χ3v) is 2.74. The Bertz CT molecular complexity index is 526. The maximum absolute atomic E-state index is 11.7. The fourth-order valence-electron chi connectivity index (χ4n) is 1.52. The largest absolute Gasteiger partial charge is 0.350 e. The molecule has 0 spiro atoms. The molecule has 2 aromatic rings. The molecule has 6 nitrogen and oxygen atoms in total. The van der Waals surface area contributed by atoms with Crippen LogP contribution in [0.5, 0.6) is 0 Å². The average Bonchev–Trinajstić information content (AvgIpc) is 2.90. The van der Waals surface area contributed by atoms with Crippen molar-refractivity contribution in [3.8, 4) is 0 Å². The second-order valence-electron chi connectivity index (χ2n) is 4.04. The van der Waals surface area contributed by atoms with E-state index in [2.05, 4.69) is 20.3 Å². The fraction of sp³-hybridized carbons (Fsp3) is 0.250.